The summed E-state index contributed by atoms with van der Waals surface area (Å²) in [6, 6.07) is 6.51. The number of aryl methyl sites for hydroxylation is 2. The molecule has 2 heteroatoms. The van der Waals surface area contributed by atoms with E-state index in [1.165, 1.54) is 30.4 Å². The lowest BCUT2D eigenvalue weighted by atomic mass is 10.1. The quantitative estimate of drug-likeness (QED) is 0.770. The number of thiol groups is 1. The van der Waals surface area contributed by atoms with Crippen molar-refractivity contribution < 1.29 is 4.74 Å². The lowest BCUT2D eigenvalue weighted by molar-refractivity contribution is 0.273. The Bertz CT molecular complexity index is 335. The third-order valence-electron chi connectivity index (χ3n) is 2.92. The third-order valence-corrected chi connectivity index (χ3v) is 3.54. The minimum atomic E-state index is 0.515. The zero-order valence-corrected chi connectivity index (χ0v) is 10.1. The summed E-state index contributed by atoms with van der Waals surface area (Å²) in [4.78, 5) is 0. The normalized spacial score (nSPS) is 16.1. The van der Waals surface area contributed by atoms with Crippen LogP contribution in [0.2, 0.25) is 0 Å². The van der Waals surface area contributed by atoms with E-state index in [0.29, 0.717) is 5.92 Å². The van der Waals surface area contributed by atoms with Crippen LogP contribution in [0.5, 0.6) is 5.75 Å². The summed E-state index contributed by atoms with van der Waals surface area (Å²) in [5.41, 5.74) is 2.98. The van der Waals surface area contributed by atoms with Crippen LogP contribution in [0.4, 0.5) is 0 Å². The van der Waals surface area contributed by atoms with Gasteiger partial charge < -0.3 is 4.74 Å². The number of hydrogen-bond acceptors (Lipinski definition) is 2. The Morgan fingerprint density at radius 1 is 1.33 bits per heavy atom. The fourth-order valence-corrected chi connectivity index (χ4v) is 2.03. The average Bonchev–Trinajstić information content (AvgIpc) is 2.72. The largest absolute Gasteiger partial charge is 0.493 e. The van der Waals surface area contributed by atoms with Crippen LogP contribution in [0.25, 0.3) is 0 Å². The van der Waals surface area contributed by atoms with Gasteiger partial charge in [0, 0.05) is 0 Å². The van der Waals surface area contributed by atoms with Gasteiger partial charge in [0.1, 0.15) is 5.75 Å². The number of rotatable bonds is 4. The molecule has 1 nitrogen and oxygen atoms in total. The molecule has 0 amide bonds. The summed E-state index contributed by atoms with van der Waals surface area (Å²) in [5.74, 6) is 2.41. The standard InChI is InChI=1S/C13H18OS/c1-10(9-15)8-14-13-6-5-11-3-2-4-12(11)7-13/h5-7,10,15H,2-4,8-9H2,1H3. The van der Waals surface area contributed by atoms with Crippen molar-refractivity contribution >= 4 is 12.6 Å². The van der Waals surface area contributed by atoms with Gasteiger partial charge in [0.2, 0.25) is 0 Å². The van der Waals surface area contributed by atoms with Crippen LogP contribution >= 0.6 is 12.6 Å². The van der Waals surface area contributed by atoms with Crippen molar-refractivity contribution in [2.45, 2.75) is 26.2 Å². The zero-order valence-electron chi connectivity index (χ0n) is 9.20. The molecule has 0 N–H and O–H groups in total. The molecule has 1 aromatic carbocycles. The number of fused-ring (bicyclic) bond motifs is 1. The second-order valence-corrected chi connectivity index (χ2v) is 4.75. The van der Waals surface area contributed by atoms with Gasteiger partial charge in [-0.1, -0.05) is 13.0 Å². The van der Waals surface area contributed by atoms with E-state index >= 15 is 0 Å². The van der Waals surface area contributed by atoms with Crippen LogP contribution in [0.15, 0.2) is 18.2 Å². The summed E-state index contributed by atoms with van der Waals surface area (Å²) in [7, 11) is 0. The molecular formula is C13H18OS. The highest BCUT2D eigenvalue weighted by molar-refractivity contribution is 7.80. The highest BCUT2D eigenvalue weighted by Crippen LogP contribution is 2.26. The predicted octanol–water partition coefficient (Wildman–Crippen LogP) is 3.12. The highest BCUT2D eigenvalue weighted by atomic mass is 32.1. The van der Waals surface area contributed by atoms with Crippen LogP contribution in [0.1, 0.15) is 24.5 Å². The molecule has 1 aliphatic carbocycles. The first-order valence-corrected chi connectivity index (χ1v) is 6.28. The molecule has 1 aliphatic rings. The van der Waals surface area contributed by atoms with Crippen LogP contribution in [0.3, 0.4) is 0 Å². The molecule has 0 saturated heterocycles. The van der Waals surface area contributed by atoms with Crippen molar-refractivity contribution in [3.8, 4) is 5.75 Å². The van der Waals surface area contributed by atoms with Crippen molar-refractivity contribution in [2.24, 2.45) is 5.92 Å². The van der Waals surface area contributed by atoms with E-state index in [4.69, 9.17) is 4.74 Å². The van der Waals surface area contributed by atoms with Crippen molar-refractivity contribution in [2.75, 3.05) is 12.4 Å². The second kappa shape index (κ2) is 4.93. The van der Waals surface area contributed by atoms with Gasteiger partial charge >= 0.3 is 0 Å². The fraction of sp³-hybridized carbons (Fsp3) is 0.538. The van der Waals surface area contributed by atoms with E-state index in [9.17, 15) is 0 Å². The van der Waals surface area contributed by atoms with Gasteiger partial charge in [-0.15, -0.1) is 0 Å². The smallest absolute Gasteiger partial charge is 0.119 e. The zero-order chi connectivity index (χ0) is 10.7. The molecule has 15 heavy (non-hydrogen) atoms. The SMILES string of the molecule is CC(CS)COc1ccc2c(c1)CCC2. The van der Waals surface area contributed by atoms with Crippen LogP contribution in [-0.4, -0.2) is 12.4 Å². The van der Waals surface area contributed by atoms with Crippen molar-refractivity contribution in [1.29, 1.82) is 0 Å². The van der Waals surface area contributed by atoms with E-state index in [0.717, 1.165) is 18.1 Å². The summed E-state index contributed by atoms with van der Waals surface area (Å²) in [5, 5.41) is 0. The predicted molar refractivity (Wildman–Crippen MR) is 67.0 cm³/mol. The van der Waals surface area contributed by atoms with Crippen LogP contribution < -0.4 is 4.74 Å². The maximum absolute atomic E-state index is 5.74. The minimum Gasteiger partial charge on any atom is -0.493 e. The Hall–Kier alpha value is -0.630. The lowest BCUT2D eigenvalue weighted by Crippen LogP contribution is -2.09. The van der Waals surface area contributed by atoms with E-state index in [1.807, 2.05) is 0 Å². The monoisotopic (exact) mass is 222 g/mol. The molecule has 0 radical (unpaired) electrons. The Balaban J connectivity index is 1.98. The van der Waals surface area contributed by atoms with Gasteiger partial charge in [-0.3, -0.25) is 0 Å². The summed E-state index contributed by atoms with van der Waals surface area (Å²) >= 11 is 4.25. The Morgan fingerprint density at radius 2 is 2.13 bits per heavy atom. The third kappa shape index (κ3) is 2.69. The Kier molecular flexibility index (Phi) is 3.57. The molecule has 0 saturated carbocycles. The fourth-order valence-electron chi connectivity index (χ4n) is 1.93. The Labute approximate surface area is 97.2 Å². The molecule has 82 valence electrons. The van der Waals surface area contributed by atoms with Crippen molar-refractivity contribution in [3.63, 3.8) is 0 Å². The van der Waals surface area contributed by atoms with Crippen molar-refractivity contribution in [1.82, 2.24) is 0 Å². The molecular weight excluding hydrogens is 204 g/mol. The molecule has 0 fully saturated rings. The van der Waals surface area contributed by atoms with Gasteiger partial charge in [0.15, 0.2) is 0 Å². The summed E-state index contributed by atoms with van der Waals surface area (Å²) < 4.78 is 5.74. The first-order chi connectivity index (χ1) is 7.29. The average molecular weight is 222 g/mol. The summed E-state index contributed by atoms with van der Waals surface area (Å²) in [6.07, 6.45) is 3.75. The molecule has 2 rings (SSSR count). The van der Waals surface area contributed by atoms with E-state index in [1.54, 1.807) is 0 Å². The first-order valence-electron chi connectivity index (χ1n) is 5.65. The van der Waals surface area contributed by atoms with Gasteiger partial charge in [0.05, 0.1) is 6.61 Å². The van der Waals surface area contributed by atoms with Crippen LogP contribution in [-0.2, 0) is 12.8 Å². The number of hydrogen-bond donors (Lipinski definition) is 1. The van der Waals surface area contributed by atoms with Crippen LogP contribution in [0, 0.1) is 5.92 Å². The highest BCUT2D eigenvalue weighted by Gasteiger charge is 2.11. The first kappa shape index (κ1) is 10.9. The van der Waals surface area contributed by atoms with E-state index in [-0.39, 0.29) is 0 Å². The summed E-state index contributed by atoms with van der Waals surface area (Å²) in [6.45, 7) is 2.92. The van der Waals surface area contributed by atoms with Gasteiger partial charge in [-0.2, -0.15) is 12.6 Å². The molecule has 0 heterocycles. The number of benzene rings is 1. The second-order valence-electron chi connectivity index (χ2n) is 4.38. The number of ether oxygens (including phenoxy) is 1. The molecule has 0 aliphatic heterocycles. The van der Waals surface area contributed by atoms with E-state index < -0.39 is 0 Å². The van der Waals surface area contributed by atoms with Gasteiger partial charge in [-0.25, -0.2) is 0 Å². The molecule has 0 bridgehead atoms. The molecule has 0 spiro atoms. The molecule has 1 aromatic rings. The maximum Gasteiger partial charge on any atom is 0.119 e. The molecule has 0 aromatic heterocycles. The molecule has 1 atom stereocenters. The topological polar surface area (TPSA) is 9.23 Å². The molecule has 1 unspecified atom stereocenters. The maximum atomic E-state index is 5.74. The van der Waals surface area contributed by atoms with E-state index in [2.05, 4.69) is 37.8 Å². The minimum absolute atomic E-state index is 0.515. The van der Waals surface area contributed by atoms with Crippen molar-refractivity contribution in [3.05, 3.63) is 29.3 Å². The van der Waals surface area contributed by atoms with Gasteiger partial charge in [0.25, 0.3) is 0 Å². The lowest BCUT2D eigenvalue weighted by Gasteiger charge is -2.11. The Morgan fingerprint density at radius 3 is 2.93 bits per heavy atom. The van der Waals surface area contributed by atoms with Gasteiger partial charge in [-0.05, 0) is 54.2 Å².